The molecule has 1 fully saturated rings. The number of amides is 1. The number of pyridine rings is 1. The molecule has 1 heterocycles. The van der Waals surface area contributed by atoms with Gasteiger partial charge in [0.2, 0.25) is 0 Å². The second-order valence-electron chi connectivity index (χ2n) is 7.24. The first-order valence-electron chi connectivity index (χ1n) is 9.14. The first-order valence-corrected chi connectivity index (χ1v) is 9.52. The maximum Gasteiger partial charge on any atom is 0.253 e. The van der Waals surface area contributed by atoms with Crippen LogP contribution >= 0.6 is 11.6 Å². The topological polar surface area (TPSA) is 59.1 Å². The number of ketones is 1. The highest BCUT2D eigenvalue weighted by molar-refractivity contribution is 6.32. The fraction of sp³-hybridized carbons (Fsp3) is 0.381. The molecule has 0 bridgehead atoms. The molecule has 0 spiro atoms. The predicted octanol–water partition coefficient (Wildman–Crippen LogP) is 4.63. The summed E-state index contributed by atoms with van der Waals surface area (Å²) in [5, 5.41) is 3.68. The fourth-order valence-corrected chi connectivity index (χ4v) is 4.41. The molecular formula is C21H21ClN2O2. The number of carbonyl (C=O) groups excluding carboxylic acids is 2. The number of hydrogen-bond donors (Lipinski definition) is 1. The van der Waals surface area contributed by atoms with Crippen LogP contribution in [-0.4, -0.2) is 22.7 Å². The molecule has 0 atom stereocenters. The molecule has 0 aliphatic heterocycles. The Morgan fingerprint density at radius 2 is 1.81 bits per heavy atom. The van der Waals surface area contributed by atoms with Gasteiger partial charge in [-0.1, -0.05) is 36.9 Å². The molecule has 0 saturated heterocycles. The molecule has 2 aromatic rings. The lowest BCUT2D eigenvalue weighted by Crippen LogP contribution is -2.37. The highest BCUT2D eigenvalue weighted by atomic mass is 35.5. The summed E-state index contributed by atoms with van der Waals surface area (Å²) < 4.78 is 0. The molecular weight excluding hydrogens is 348 g/mol. The molecule has 2 aliphatic carbocycles. The number of aryl methyl sites for hydroxylation is 2. The van der Waals surface area contributed by atoms with Crippen LogP contribution in [0.3, 0.4) is 0 Å². The Labute approximate surface area is 158 Å². The quantitative estimate of drug-likeness (QED) is 0.717. The third-order valence-electron chi connectivity index (χ3n) is 5.45. The van der Waals surface area contributed by atoms with Crippen LogP contribution in [-0.2, 0) is 0 Å². The second kappa shape index (κ2) is 6.51. The smallest absolute Gasteiger partial charge is 0.253 e. The van der Waals surface area contributed by atoms with Crippen LogP contribution in [0.5, 0.6) is 0 Å². The zero-order valence-electron chi connectivity index (χ0n) is 15.0. The molecule has 1 aromatic heterocycles. The minimum atomic E-state index is -0.131. The third-order valence-corrected chi connectivity index (χ3v) is 5.68. The second-order valence-corrected chi connectivity index (χ2v) is 7.67. The largest absolute Gasteiger partial charge is 0.349 e. The van der Waals surface area contributed by atoms with Gasteiger partial charge in [0.05, 0.1) is 16.8 Å². The van der Waals surface area contributed by atoms with Gasteiger partial charge in [-0.15, -0.1) is 0 Å². The Morgan fingerprint density at radius 3 is 2.54 bits per heavy atom. The highest BCUT2D eigenvalue weighted by Crippen LogP contribution is 2.42. The van der Waals surface area contributed by atoms with E-state index in [0.29, 0.717) is 38.7 Å². The van der Waals surface area contributed by atoms with Crippen LogP contribution in [0.1, 0.15) is 69.8 Å². The lowest BCUT2D eigenvalue weighted by molar-refractivity contribution is 0.0927. The van der Waals surface area contributed by atoms with Crippen LogP contribution < -0.4 is 5.32 Å². The van der Waals surface area contributed by atoms with E-state index in [2.05, 4.69) is 10.3 Å². The normalized spacial score (nSPS) is 16.3. The number of halogens is 1. The van der Waals surface area contributed by atoms with Gasteiger partial charge in [0.15, 0.2) is 5.78 Å². The van der Waals surface area contributed by atoms with Crippen molar-refractivity contribution in [3.8, 4) is 11.1 Å². The number of nitrogens with one attached hydrogen (secondary N) is 1. The number of nitrogens with zero attached hydrogens (tertiary/aromatic N) is 1. The van der Waals surface area contributed by atoms with Crippen molar-refractivity contribution < 1.29 is 9.59 Å². The number of rotatable bonds is 2. The summed E-state index contributed by atoms with van der Waals surface area (Å²) >= 11 is 6.09. The minimum Gasteiger partial charge on any atom is -0.349 e. The molecule has 1 amide bonds. The van der Waals surface area contributed by atoms with Gasteiger partial charge in [-0.05, 0) is 44.4 Å². The fourth-order valence-electron chi connectivity index (χ4n) is 4.24. The van der Waals surface area contributed by atoms with Crippen molar-refractivity contribution in [2.75, 3.05) is 0 Å². The van der Waals surface area contributed by atoms with Crippen molar-refractivity contribution in [1.82, 2.24) is 10.3 Å². The van der Waals surface area contributed by atoms with E-state index in [0.717, 1.165) is 31.2 Å². The van der Waals surface area contributed by atoms with Crippen LogP contribution in [0.25, 0.3) is 11.1 Å². The lowest BCUT2D eigenvalue weighted by Gasteiger charge is -2.24. The summed E-state index contributed by atoms with van der Waals surface area (Å²) in [6.45, 7) is 3.65. The van der Waals surface area contributed by atoms with Crippen LogP contribution in [0.15, 0.2) is 18.2 Å². The summed E-state index contributed by atoms with van der Waals surface area (Å²) in [6, 6.07) is 5.47. The van der Waals surface area contributed by atoms with E-state index in [1.165, 1.54) is 6.42 Å². The molecule has 4 rings (SSSR count). The highest BCUT2D eigenvalue weighted by Gasteiger charge is 2.34. The molecule has 0 unspecified atom stereocenters. The monoisotopic (exact) mass is 368 g/mol. The number of benzene rings is 1. The molecule has 1 saturated carbocycles. The predicted molar refractivity (Wildman–Crippen MR) is 102 cm³/mol. The molecule has 134 valence electrons. The molecule has 4 nitrogen and oxygen atoms in total. The van der Waals surface area contributed by atoms with Crippen molar-refractivity contribution >= 4 is 23.3 Å². The average molecular weight is 369 g/mol. The molecule has 1 N–H and O–H groups in total. The van der Waals surface area contributed by atoms with Crippen molar-refractivity contribution in [3.63, 3.8) is 0 Å². The molecule has 1 aromatic carbocycles. The van der Waals surface area contributed by atoms with Gasteiger partial charge in [-0.25, -0.2) is 0 Å². The zero-order chi connectivity index (χ0) is 18.4. The van der Waals surface area contributed by atoms with Crippen molar-refractivity contribution in [2.45, 2.75) is 52.0 Å². The van der Waals surface area contributed by atoms with E-state index >= 15 is 0 Å². The van der Waals surface area contributed by atoms with E-state index in [-0.39, 0.29) is 17.7 Å². The molecule has 26 heavy (non-hydrogen) atoms. The summed E-state index contributed by atoms with van der Waals surface area (Å²) in [4.78, 5) is 30.5. The Morgan fingerprint density at radius 1 is 1.08 bits per heavy atom. The Hall–Kier alpha value is -2.20. The Bertz CT molecular complexity index is 930. The van der Waals surface area contributed by atoms with Gasteiger partial charge in [0.1, 0.15) is 0 Å². The number of aromatic nitrogens is 1. The van der Waals surface area contributed by atoms with Gasteiger partial charge in [-0.3, -0.25) is 14.6 Å². The number of fused-ring (bicyclic) bond motifs is 3. The molecule has 2 aliphatic rings. The van der Waals surface area contributed by atoms with Crippen LogP contribution in [0.4, 0.5) is 0 Å². The summed E-state index contributed by atoms with van der Waals surface area (Å²) in [5.41, 5.74) is 4.40. The summed E-state index contributed by atoms with van der Waals surface area (Å²) in [6.07, 6.45) is 5.55. The van der Waals surface area contributed by atoms with Crippen LogP contribution in [0.2, 0.25) is 5.02 Å². The van der Waals surface area contributed by atoms with E-state index in [1.54, 1.807) is 12.1 Å². The van der Waals surface area contributed by atoms with Gasteiger partial charge in [0, 0.05) is 27.9 Å². The third kappa shape index (κ3) is 2.73. The number of carbonyl (C=O) groups is 2. The van der Waals surface area contributed by atoms with Gasteiger partial charge >= 0.3 is 0 Å². The SMILES string of the molecule is Cc1nc(C)c2c(c1C(=O)NC1CCCCC1)-c1ccc(Cl)cc1C2=O. The van der Waals surface area contributed by atoms with Gasteiger partial charge in [0.25, 0.3) is 5.91 Å². The Kier molecular flexibility index (Phi) is 4.31. The van der Waals surface area contributed by atoms with Gasteiger partial charge in [-0.2, -0.15) is 0 Å². The minimum absolute atomic E-state index is 0.103. The van der Waals surface area contributed by atoms with Crippen molar-refractivity contribution in [1.29, 1.82) is 0 Å². The molecule has 5 heteroatoms. The first kappa shape index (κ1) is 17.2. The van der Waals surface area contributed by atoms with Crippen molar-refractivity contribution in [2.24, 2.45) is 0 Å². The number of hydrogen-bond acceptors (Lipinski definition) is 3. The van der Waals surface area contributed by atoms with E-state index in [1.807, 2.05) is 19.9 Å². The Balaban J connectivity index is 1.83. The van der Waals surface area contributed by atoms with Crippen molar-refractivity contribution in [3.05, 3.63) is 51.3 Å². The van der Waals surface area contributed by atoms with E-state index in [4.69, 9.17) is 11.6 Å². The van der Waals surface area contributed by atoms with Gasteiger partial charge < -0.3 is 5.32 Å². The summed E-state index contributed by atoms with van der Waals surface area (Å²) in [5.74, 6) is -0.233. The first-order chi connectivity index (χ1) is 12.5. The average Bonchev–Trinajstić information content (AvgIpc) is 2.88. The van der Waals surface area contributed by atoms with E-state index in [9.17, 15) is 9.59 Å². The maximum absolute atomic E-state index is 13.1. The summed E-state index contributed by atoms with van der Waals surface area (Å²) in [7, 11) is 0. The maximum atomic E-state index is 13.1. The van der Waals surface area contributed by atoms with Crippen LogP contribution in [0, 0.1) is 13.8 Å². The van der Waals surface area contributed by atoms with E-state index < -0.39 is 0 Å². The standard InChI is InChI=1S/C21H21ClN2O2/c1-11-17-19(15-9-8-13(22)10-16(15)20(17)25)18(12(2)23-11)21(26)24-14-6-4-3-5-7-14/h8-10,14H,3-7H2,1-2H3,(H,24,26). The molecule has 0 radical (unpaired) electrons. The lowest BCUT2D eigenvalue weighted by atomic mass is 9.93. The zero-order valence-corrected chi connectivity index (χ0v) is 15.7.